The van der Waals surface area contributed by atoms with Crippen molar-refractivity contribution >= 4 is 23.0 Å². The van der Waals surface area contributed by atoms with Crippen LogP contribution < -0.4 is 20.7 Å². The number of benzene rings is 4. The second-order valence-electron chi connectivity index (χ2n) is 9.03. The number of carbonyl (C=O) groups excluding carboxylic acids is 1. The number of amides is 1. The number of fused-ring (bicyclic) bond motifs is 1. The van der Waals surface area contributed by atoms with Crippen LogP contribution >= 0.6 is 0 Å². The van der Waals surface area contributed by atoms with Crippen molar-refractivity contribution in [3.63, 3.8) is 0 Å². The molecule has 0 saturated carbocycles. The SMILES string of the molecule is C[C@H]1CCN(C(=O)c2ccc(-c3ccc(N)c(F)c3)c(OCc3ccccc3)c2)c2ccccc2N1. The predicted molar refractivity (Wildman–Crippen MR) is 143 cm³/mol. The molecule has 1 heterocycles. The van der Waals surface area contributed by atoms with Gasteiger partial charge in [-0.15, -0.1) is 0 Å². The van der Waals surface area contributed by atoms with Gasteiger partial charge in [-0.2, -0.15) is 0 Å². The number of carbonyl (C=O) groups is 1. The van der Waals surface area contributed by atoms with E-state index < -0.39 is 5.82 Å². The molecule has 0 bridgehead atoms. The van der Waals surface area contributed by atoms with Crippen molar-refractivity contribution in [3.05, 3.63) is 108 Å². The Morgan fingerprint density at radius 1 is 1.03 bits per heavy atom. The van der Waals surface area contributed by atoms with E-state index in [1.54, 1.807) is 18.2 Å². The molecule has 182 valence electrons. The standard InChI is InChI=1S/C30H28FN3O2/c1-20-15-16-34(28-10-6-5-9-27(28)33-20)30(35)23-11-13-24(22-12-14-26(32)25(31)17-22)29(18-23)36-19-21-7-3-2-4-8-21/h2-14,17-18,20,33H,15-16,19,32H2,1H3/t20-/m0/s1. The van der Waals surface area contributed by atoms with Crippen LogP contribution in [0.25, 0.3) is 11.1 Å². The summed E-state index contributed by atoms with van der Waals surface area (Å²) in [5, 5.41) is 3.48. The predicted octanol–water partition coefficient (Wildman–Crippen LogP) is 6.50. The Bertz CT molecular complexity index is 1390. The zero-order valence-corrected chi connectivity index (χ0v) is 20.1. The summed E-state index contributed by atoms with van der Waals surface area (Å²) in [7, 11) is 0. The quantitative estimate of drug-likeness (QED) is 0.319. The van der Waals surface area contributed by atoms with Gasteiger partial charge in [0, 0.05) is 23.7 Å². The smallest absolute Gasteiger partial charge is 0.258 e. The van der Waals surface area contributed by atoms with E-state index in [0.29, 0.717) is 35.6 Å². The maximum Gasteiger partial charge on any atom is 0.258 e. The maximum atomic E-state index is 14.3. The van der Waals surface area contributed by atoms with Crippen LogP contribution in [-0.2, 0) is 6.61 Å². The molecule has 1 amide bonds. The van der Waals surface area contributed by atoms with Crippen molar-refractivity contribution in [2.75, 3.05) is 22.5 Å². The summed E-state index contributed by atoms with van der Waals surface area (Å²) in [5.74, 6) is -0.106. The summed E-state index contributed by atoms with van der Waals surface area (Å²) in [4.78, 5) is 15.6. The molecule has 4 aromatic rings. The number of hydrogen-bond donors (Lipinski definition) is 2. The Kier molecular flexibility index (Phi) is 6.58. The number of nitrogen functional groups attached to an aromatic ring is 1. The Hall–Kier alpha value is -4.32. The molecule has 1 aliphatic heterocycles. The number of para-hydroxylation sites is 2. The molecule has 5 rings (SSSR count). The first-order valence-corrected chi connectivity index (χ1v) is 12.0. The van der Waals surface area contributed by atoms with Crippen LogP contribution in [-0.4, -0.2) is 18.5 Å². The highest BCUT2D eigenvalue weighted by Crippen LogP contribution is 2.35. The number of ether oxygens (including phenoxy) is 1. The lowest BCUT2D eigenvalue weighted by Gasteiger charge is -2.23. The maximum absolute atomic E-state index is 14.3. The molecule has 36 heavy (non-hydrogen) atoms. The number of nitrogens with two attached hydrogens (primary N) is 1. The second-order valence-corrected chi connectivity index (χ2v) is 9.03. The normalized spacial score (nSPS) is 14.9. The molecular formula is C30H28FN3O2. The van der Waals surface area contributed by atoms with Crippen LogP contribution in [0.5, 0.6) is 5.75 Å². The van der Waals surface area contributed by atoms with Gasteiger partial charge in [0.2, 0.25) is 0 Å². The van der Waals surface area contributed by atoms with Gasteiger partial charge in [-0.25, -0.2) is 4.39 Å². The Balaban J connectivity index is 1.52. The fourth-order valence-electron chi connectivity index (χ4n) is 4.42. The number of nitrogens with one attached hydrogen (secondary N) is 1. The Labute approximate surface area is 210 Å². The van der Waals surface area contributed by atoms with Crippen LogP contribution in [0.3, 0.4) is 0 Å². The largest absolute Gasteiger partial charge is 0.488 e. The molecule has 6 heteroatoms. The molecule has 5 nitrogen and oxygen atoms in total. The zero-order valence-electron chi connectivity index (χ0n) is 20.1. The zero-order chi connectivity index (χ0) is 25.1. The average molecular weight is 482 g/mol. The van der Waals surface area contributed by atoms with Crippen LogP contribution in [0.15, 0.2) is 91.0 Å². The molecule has 0 unspecified atom stereocenters. The topological polar surface area (TPSA) is 67.6 Å². The third-order valence-corrected chi connectivity index (χ3v) is 6.40. The van der Waals surface area contributed by atoms with E-state index in [4.69, 9.17) is 10.5 Å². The lowest BCUT2D eigenvalue weighted by molar-refractivity contribution is 0.0986. The van der Waals surface area contributed by atoms with Crippen molar-refractivity contribution in [3.8, 4) is 16.9 Å². The fraction of sp³-hybridized carbons (Fsp3) is 0.167. The summed E-state index contributed by atoms with van der Waals surface area (Å²) in [6, 6.07) is 27.9. The minimum absolute atomic E-state index is 0.0833. The second kappa shape index (κ2) is 10.1. The van der Waals surface area contributed by atoms with Gasteiger partial charge >= 0.3 is 0 Å². The molecular weight excluding hydrogens is 453 g/mol. The molecule has 1 atom stereocenters. The monoisotopic (exact) mass is 481 g/mol. The third kappa shape index (κ3) is 4.89. The molecule has 3 N–H and O–H groups in total. The fourth-order valence-corrected chi connectivity index (χ4v) is 4.42. The molecule has 0 spiro atoms. The third-order valence-electron chi connectivity index (χ3n) is 6.40. The first-order valence-electron chi connectivity index (χ1n) is 12.0. The molecule has 0 aromatic heterocycles. The van der Waals surface area contributed by atoms with Gasteiger partial charge in [-0.05, 0) is 66.9 Å². The Morgan fingerprint density at radius 2 is 1.81 bits per heavy atom. The summed E-state index contributed by atoms with van der Waals surface area (Å²) >= 11 is 0. The summed E-state index contributed by atoms with van der Waals surface area (Å²) in [5.41, 5.74) is 10.4. The summed E-state index contributed by atoms with van der Waals surface area (Å²) in [6.45, 7) is 3.02. The molecule has 0 radical (unpaired) electrons. The molecule has 4 aromatic carbocycles. The average Bonchev–Trinajstić information content (AvgIpc) is 3.07. The van der Waals surface area contributed by atoms with E-state index in [-0.39, 0.29) is 17.6 Å². The van der Waals surface area contributed by atoms with Crippen LogP contribution in [0, 0.1) is 5.82 Å². The van der Waals surface area contributed by atoms with Crippen molar-refractivity contribution < 1.29 is 13.9 Å². The van der Waals surface area contributed by atoms with E-state index in [2.05, 4.69) is 12.2 Å². The minimum Gasteiger partial charge on any atom is -0.488 e. The molecule has 1 aliphatic rings. The van der Waals surface area contributed by atoms with Gasteiger partial charge in [-0.1, -0.05) is 48.5 Å². The van der Waals surface area contributed by atoms with Crippen molar-refractivity contribution in [2.45, 2.75) is 26.0 Å². The highest BCUT2D eigenvalue weighted by molar-refractivity contribution is 6.08. The minimum atomic E-state index is -0.496. The van der Waals surface area contributed by atoms with Gasteiger partial charge in [-0.3, -0.25) is 4.79 Å². The highest BCUT2D eigenvalue weighted by atomic mass is 19.1. The molecule has 0 saturated heterocycles. The first kappa shape index (κ1) is 23.4. The highest BCUT2D eigenvalue weighted by Gasteiger charge is 2.25. The van der Waals surface area contributed by atoms with Gasteiger partial charge in [0.25, 0.3) is 5.91 Å². The van der Waals surface area contributed by atoms with Crippen molar-refractivity contribution in [1.29, 1.82) is 0 Å². The lowest BCUT2D eigenvalue weighted by atomic mass is 10.0. The van der Waals surface area contributed by atoms with E-state index in [9.17, 15) is 9.18 Å². The van der Waals surface area contributed by atoms with E-state index in [1.807, 2.05) is 65.6 Å². The van der Waals surface area contributed by atoms with E-state index in [1.165, 1.54) is 12.1 Å². The Morgan fingerprint density at radius 3 is 2.61 bits per heavy atom. The van der Waals surface area contributed by atoms with Crippen LogP contribution in [0.2, 0.25) is 0 Å². The van der Waals surface area contributed by atoms with Crippen LogP contribution in [0.4, 0.5) is 21.5 Å². The van der Waals surface area contributed by atoms with E-state index >= 15 is 0 Å². The van der Waals surface area contributed by atoms with Crippen LogP contribution in [0.1, 0.15) is 29.3 Å². The molecule has 0 aliphatic carbocycles. The van der Waals surface area contributed by atoms with Crippen molar-refractivity contribution in [1.82, 2.24) is 0 Å². The lowest BCUT2D eigenvalue weighted by Crippen LogP contribution is -2.32. The first-order chi connectivity index (χ1) is 17.5. The van der Waals surface area contributed by atoms with E-state index in [0.717, 1.165) is 23.4 Å². The number of anilines is 3. The number of rotatable bonds is 5. The van der Waals surface area contributed by atoms with Crippen molar-refractivity contribution in [2.24, 2.45) is 0 Å². The molecule has 0 fully saturated rings. The summed E-state index contributed by atoms with van der Waals surface area (Å²) < 4.78 is 20.5. The number of hydrogen-bond acceptors (Lipinski definition) is 4. The summed E-state index contributed by atoms with van der Waals surface area (Å²) in [6.07, 6.45) is 0.820. The van der Waals surface area contributed by atoms with Gasteiger partial charge < -0.3 is 20.7 Å². The van der Waals surface area contributed by atoms with Gasteiger partial charge in [0.15, 0.2) is 0 Å². The van der Waals surface area contributed by atoms with Gasteiger partial charge in [0.1, 0.15) is 18.2 Å². The van der Waals surface area contributed by atoms with Gasteiger partial charge in [0.05, 0.1) is 17.1 Å². The number of nitrogens with zero attached hydrogens (tertiary/aromatic N) is 1. The number of halogens is 1.